The van der Waals surface area contributed by atoms with E-state index in [4.69, 9.17) is 16.3 Å². The number of hydrogen-bond acceptors (Lipinski definition) is 5. The Bertz CT molecular complexity index is 1280. The van der Waals surface area contributed by atoms with Crippen LogP contribution in [0.1, 0.15) is 17.3 Å². The van der Waals surface area contributed by atoms with E-state index in [0.717, 1.165) is 31.4 Å². The third-order valence-electron chi connectivity index (χ3n) is 5.40. The maximum atomic E-state index is 13.4. The van der Waals surface area contributed by atoms with Crippen LogP contribution in [0.2, 0.25) is 5.02 Å². The number of carbonyl (C=O) groups is 1. The van der Waals surface area contributed by atoms with Crippen LogP contribution in [0.25, 0.3) is 10.4 Å². The van der Waals surface area contributed by atoms with Gasteiger partial charge in [-0.25, -0.2) is 4.39 Å². The van der Waals surface area contributed by atoms with Crippen LogP contribution in [0.4, 0.5) is 10.1 Å². The number of methoxy groups -OCH3 is 1. The van der Waals surface area contributed by atoms with Crippen molar-refractivity contribution in [3.63, 3.8) is 0 Å². The molecule has 3 aromatic rings. The van der Waals surface area contributed by atoms with Crippen LogP contribution in [0.3, 0.4) is 0 Å². The van der Waals surface area contributed by atoms with Crippen LogP contribution < -0.4 is 14.8 Å². The fraction of sp³-hybridized carbons (Fsp3) is 0.227. The summed E-state index contributed by atoms with van der Waals surface area (Å²) in [6.45, 7) is 0. The molecule has 7 nitrogen and oxygen atoms in total. The Morgan fingerprint density at radius 2 is 1.94 bits per heavy atom. The first-order valence-corrected chi connectivity index (χ1v) is 12.6. The molecular weight excluding hydrogens is 489 g/mol. The van der Waals surface area contributed by atoms with Gasteiger partial charge in [0.2, 0.25) is 5.91 Å². The third kappa shape index (κ3) is 5.04. The van der Waals surface area contributed by atoms with Crippen molar-refractivity contribution in [1.82, 2.24) is 9.03 Å². The van der Waals surface area contributed by atoms with Gasteiger partial charge in [-0.2, -0.15) is 17.4 Å². The van der Waals surface area contributed by atoms with Crippen LogP contribution in [-0.4, -0.2) is 38.8 Å². The van der Waals surface area contributed by atoms with Gasteiger partial charge in [-0.1, -0.05) is 11.6 Å². The number of ether oxygens (including phenoxy) is 1. The summed E-state index contributed by atoms with van der Waals surface area (Å²) in [5.41, 5.74) is 1.26. The number of carbonyl (C=O) groups excluding carboxylic acids is 1. The van der Waals surface area contributed by atoms with Gasteiger partial charge in [-0.05, 0) is 66.6 Å². The van der Waals surface area contributed by atoms with Gasteiger partial charge in [0.05, 0.1) is 18.2 Å². The van der Waals surface area contributed by atoms with Gasteiger partial charge in [0.1, 0.15) is 17.6 Å². The maximum Gasteiger partial charge on any atom is 0.280 e. The molecule has 0 aliphatic carbocycles. The molecule has 11 heteroatoms. The zero-order valence-corrected chi connectivity index (χ0v) is 20.1. The zero-order valence-electron chi connectivity index (χ0n) is 17.7. The van der Waals surface area contributed by atoms with Crippen molar-refractivity contribution >= 4 is 44.7 Å². The van der Waals surface area contributed by atoms with E-state index in [9.17, 15) is 17.6 Å². The number of nitrogens with zero attached hydrogens (tertiary/aromatic N) is 1. The quantitative estimate of drug-likeness (QED) is 0.532. The van der Waals surface area contributed by atoms with E-state index in [0.29, 0.717) is 0 Å². The number of thiophene rings is 1. The van der Waals surface area contributed by atoms with Crippen molar-refractivity contribution in [3.8, 4) is 16.2 Å². The van der Waals surface area contributed by atoms with Gasteiger partial charge in [-0.15, -0.1) is 11.3 Å². The van der Waals surface area contributed by atoms with Crippen LogP contribution in [-0.2, 0) is 15.0 Å². The van der Waals surface area contributed by atoms with Gasteiger partial charge in [0.25, 0.3) is 10.2 Å². The van der Waals surface area contributed by atoms with E-state index < -0.39 is 34.0 Å². The number of hydrogen-bond donors (Lipinski definition) is 2. The predicted molar refractivity (Wildman–Crippen MR) is 127 cm³/mol. The molecule has 2 N–H and O–H groups in total. The van der Waals surface area contributed by atoms with Crippen molar-refractivity contribution in [1.29, 1.82) is 0 Å². The number of benzene rings is 2. The van der Waals surface area contributed by atoms with E-state index in [1.165, 1.54) is 30.5 Å². The minimum Gasteiger partial charge on any atom is -0.497 e. The van der Waals surface area contributed by atoms with E-state index >= 15 is 0 Å². The third-order valence-corrected chi connectivity index (χ3v) is 8.54. The smallest absolute Gasteiger partial charge is 0.280 e. The molecule has 1 aromatic heterocycles. The second-order valence-corrected chi connectivity index (χ2v) is 10.8. The van der Waals surface area contributed by atoms with Crippen LogP contribution in [0, 0.1) is 5.82 Å². The molecule has 0 unspecified atom stereocenters. The molecule has 2 heterocycles. The fourth-order valence-electron chi connectivity index (χ4n) is 3.55. The Morgan fingerprint density at radius 1 is 1.21 bits per heavy atom. The lowest BCUT2D eigenvalue weighted by Gasteiger charge is -2.35. The molecule has 0 bridgehead atoms. The topological polar surface area (TPSA) is 87.7 Å². The highest BCUT2D eigenvalue weighted by atomic mass is 35.5. The normalized spacial score (nSPS) is 20.4. The molecule has 4 rings (SSSR count). The van der Waals surface area contributed by atoms with Crippen molar-refractivity contribution in [2.75, 3.05) is 19.5 Å². The summed E-state index contributed by atoms with van der Waals surface area (Å²) in [6.07, 6.45) is 0.221. The largest absolute Gasteiger partial charge is 0.497 e. The Morgan fingerprint density at radius 3 is 2.61 bits per heavy atom. The zero-order chi connectivity index (χ0) is 23.8. The number of rotatable bonds is 5. The molecule has 1 saturated heterocycles. The molecule has 0 spiro atoms. The van der Waals surface area contributed by atoms with Crippen molar-refractivity contribution < 1.29 is 22.3 Å². The van der Waals surface area contributed by atoms with Crippen LogP contribution >= 0.6 is 22.9 Å². The van der Waals surface area contributed by atoms with Crippen LogP contribution in [0.15, 0.2) is 54.6 Å². The molecule has 33 heavy (non-hydrogen) atoms. The number of halogens is 2. The number of nitrogens with one attached hydrogen (secondary N) is 2. The predicted octanol–water partition coefficient (Wildman–Crippen LogP) is 4.43. The van der Waals surface area contributed by atoms with E-state index in [1.807, 2.05) is 36.4 Å². The molecule has 0 saturated carbocycles. The Labute approximate surface area is 200 Å². The second kappa shape index (κ2) is 9.40. The molecule has 1 aliphatic heterocycles. The number of anilines is 1. The first-order chi connectivity index (χ1) is 15.7. The molecule has 1 amide bonds. The summed E-state index contributed by atoms with van der Waals surface area (Å²) in [4.78, 5) is 14.7. The maximum absolute atomic E-state index is 13.4. The molecule has 1 aliphatic rings. The average Bonchev–Trinajstić information content (AvgIpc) is 3.28. The summed E-state index contributed by atoms with van der Waals surface area (Å²) >= 11 is 7.23. The lowest BCUT2D eigenvalue weighted by atomic mass is 10.1. The standard InChI is InChI=1S/C22H21ClFN3O4S2/c1-27-19(22(28)25-14-5-8-17(24)16(23)11-14)12-18(26-33(27,29)30)21-10-9-20(32-21)13-3-6-15(31-2)7-4-13/h3-11,18-19,26H,12H2,1-2H3,(H,25,28)/t18-,19+/m0/s1. The van der Waals surface area contributed by atoms with Gasteiger partial charge < -0.3 is 10.1 Å². The average molecular weight is 510 g/mol. The summed E-state index contributed by atoms with van der Waals surface area (Å²) in [5.74, 6) is -0.390. The Hall–Kier alpha value is -2.50. The van der Waals surface area contributed by atoms with Crippen molar-refractivity contribution in [2.45, 2.75) is 18.5 Å². The number of amides is 1. The highest BCUT2D eigenvalue weighted by Gasteiger charge is 2.41. The molecule has 0 radical (unpaired) electrons. The fourth-order valence-corrected chi connectivity index (χ4v) is 6.15. The highest BCUT2D eigenvalue weighted by Crippen LogP contribution is 2.36. The summed E-state index contributed by atoms with van der Waals surface area (Å²) in [5, 5.41) is 2.49. The van der Waals surface area contributed by atoms with Crippen LogP contribution in [0.5, 0.6) is 5.75 Å². The number of likely N-dealkylation sites (N-methyl/N-ethyl adjacent to an activating group) is 1. The monoisotopic (exact) mass is 509 g/mol. The molecule has 174 valence electrons. The highest BCUT2D eigenvalue weighted by molar-refractivity contribution is 7.87. The van der Waals surface area contributed by atoms with Gasteiger partial charge >= 0.3 is 0 Å². The van der Waals surface area contributed by atoms with Crippen molar-refractivity contribution in [2.24, 2.45) is 0 Å². The molecular formula is C22H21ClFN3O4S2. The van der Waals surface area contributed by atoms with E-state index in [2.05, 4.69) is 10.0 Å². The molecule has 1 fully saturated rings. The van der Waals surface area contributed by atoms with E-state index in [1.54, 1.807) is 7.11 Å². The van der Waals surface area contributed by atoms with Gasteiger partial charge in [-0.3, -0.25) is 4.79 Å². The Kier molecular flexibility index (Phi) is 6.73. The van der Waals surface area contributed by atoms with E-state index in [-0.39, 0.29) is 17.1 Å². The lowest BCUT2D eigenvalue weighted by molar-refractivity contribution is -0.120. The first kappa shape index (κ1) is 23.7. The molecule has 2 aromatic carbocycles. The second-order valence-electron chi connectivity index (χ2n) is 7.49. The minimum absolute atomic E-state index is 0.137. The Balaban J connectivity index is 1.55. The van der Waals surface area contributed by atoms with Gasteiger partial charge in [0, 0.05) is 22.5 Å². The van der Waals surface area contributed by atoms with Crippen molar-refractivity contribution in [3.05, 3.63) is 70.3 Å². The molecule has 2 atom stereocenters. The first-order valence-electron chi connectivity index (χ1n) is 9.93. The van der Waals surface area contributed by atoms with Gasteiger partial charge in [0.15, 0.2) is 0 Å². The summed E-state index contributed by atoms with van der Waals surface area (Å²) in [7, 11) is -0.954. The summed E-state index contributed by atoms with van der Waals surface area (Å²) in [6, 6.07) is 13.6. The lowest BCUT2D eigenvalue weighted by Crippen LogP contribution is -2.55. The summed E-state index contributed by atoms with van der Waals surface area (Å²) < 4.78 is 47.7. The minimum atomic E-state index is -3.90. The SMILES string of the molecule is COc1ccc(-c2ccc([C@@H]3C[C@H](C(=O)Nc4ccc(F)c(Cl)c4)N(C)S(=O)(=O)N3)s2)cc1.